The van der Waals surface area contributed by atoms with Gasteiger partial charge in [-0.15, -0.1) is 0 Å². The quantitative estimate of drug-likeness (QED) is 0.317. The number of amides is 1. The van der Waals surface area contributed by atoms with E-state index in [1.165, 1.54) is 17.7 Å². The van der Waals surface area contributed by atoms with E-state index in [2.05, 4.69) is 29.2 Å². The summed E-state index contributed by atoms with van der Waals surface area (Å²) in [5, 5.41) is 4.75. The Balaban J connectivity index is 1.36. The van der Waals surface area contributed by atoms with Gasteiger partial charge >= 0.3 is 0 Å². The van der Waals surface area contributed by atoms with Gasteiger partial charge in [-0.25, -0.2) is 9.07 Å². The maximum Gasteiger partial charge on any atom is 0.272 e. The van der Waals surface area contributed by atoms with Crippen LogP contribution in [0, 0.1) is 5.82 Å². The summed E-state index contributed by atoms with van der Waals surface area (Å²) < 4.78 is 26.1. The van der Waals surface area contributed by atoms with Crippen LogP contribution in [-0.4, -0.2) is 72.4 Å². The molecule has 0 radical (unpaired) electrons. The number of benzene rings is 3. The highest BCUT2D eigenvalue weighted by Gasteiger charge is 2.26. The molecule has 4 aromatic rings. The minimum atomic E-state index is -0.353. The predicted molar refractivity (Wildman–Crippen MR) is 150 cm³/mol. The molecule has 1 amide bonds. The fourth-order valence-corrected chi connectivity index (χ4v) is 4.65. The number of aromatic nitrogens is 2. The van der Waals surface area contributed by atoms with E-state index in [1.807, 2.05) is 35.2 Å². The fraction of sp³-hybridized carbons (Fsp3) is 0.226. The highest BCUT2D eigenvalue weighted by Crippen LogP contribution is 2.34. The van der Waals surface area contributed by atoms with Gasteiger partial charge in [0, 0.05) is 44.4 Å². The Labute approximate surface area is 227 Å². The largest absolute Gasteiger partial charge is 0.497 e. The molecular weight excluding hydrogens is 495 g/mol. The Morgan fingerprint density at radius 2 is 1.67 bits per heavy atom. The number of ether oxygens (including phenoxy) is 2. The number of rotatable bonds is 8. The van der Waals surface area contributed by atoms with Crippen molar-refractivity contribution in [3.8, 4) is 28.4 Å². The lowest BCUT2D eigenvalue weighted by molar-refractivity contribution is 0.0641. The van der Waals surface area contributed by atoms with E-state index in [-0.39, 0.29) is 11.7 Å². The molecule has 3 aromatic carbocycles. The summed E-state index contributed by atoms with van der Waals surface area (Å²) in [5.41, 5.74) is 3.48. The fourth-order valence-electron chi connectivity index (χ4n) is 4.65. The third-order valence-corrected chi connectivity index (χ3v) is 6.82. The first-order chi connectivity index (χ1) is 19.1. The highest BCUT2D eigenvalue weighted by molar-refractivity contribution is 5.94. The van der Waals surface area contributed by atoms with Gasteiger partial charge in [0.2, 0.25) is 0 Å². The average Bonchev–Trinajstić information content (AvgIpc) is 3.43. The van der Waals surface area contributed by atoms with Gasteiger partial charge in [-0.05, 0) is 48.0 Å². The Bertz CT molecular complexity index is 1440. The molecule has 0 spiro atoms. The first-order valence-corrected chi connectivity index (χ1v) is 12.9. The molecule has 0 aliphatic carbocycles. The van der Waals surface area contributed by atoms with E-state index in [0.29, 0.717) is 41.7 Å². The van der Waals surface area contributed by atoms with Crippen molar-refractivity contribution < 1.29 is 18.7 Å². The Kier molecular flexibility index (Phi) is 8.03. The van der Waals surface area contributed by atoms with Crippen molar-refractivity contribution in [2.24, 2.45) is 0 Å². The molecule has 39 heavy (non-hydrogen) atoms. The number of hydrogen-bond acceptors (Lipinski definition) is 5. The standard InChI is InChI=1S/C31H31FN4O3/c1-38-26-14-15-27(30(21-26)39-2)28-22-29(36(33-28)25-12-10-24(32)11-13-25)31(37)35-19-17-34(18-20-35)16-6-9-23-7-4-3-5-8-23/h3-15,21-22H,16-20H2,1-2H3. The van der Waals surface area contributed by atoms with Crippen molar-refractivity contribution in [2.75, 3.05) is 46.9 Å². The molecule has 1 saturated heterocycles. The third-order valence-electron chi connectivity index (χ3n) is 6.82. The summed E-state index contributed by atoms with van der Waals surface area (Å²) in [6.07, 6.45) is 4.28. The summed E-state index contributed by atoms with van der Waals surface area (Å²) in [6, 6.07) is 23.4. The van der Waals surface area contributed by atoms with E-state index >= 15 is 0 Å². The number of piperazine rings is 1. The molecule has 0 unspecified atom stereocenters. The van der Waals surface area contributed by atoms with Crippen LogP contribution in [-0.2, 0) is 0 Å². The van der Waals surface area contributed by atoms with Crippen LogP contribution in [0.25, 0.3) is 23.0 Å². The molecular formula is C31H31FN4O3. The van der Waals surface area contributed by atoms with Crippen LogP contribution in [0.2, 0.25) is 0 Å². The molecule has 200 valence electrons. The number of hydrogen-bond donors (Lipinski definition) is 0. The predicted octanol–water partition coefficient (Wildman–Crippen LogP) is 5.17. The summed E-state index contributed by atoms with van der Waals surface area (Å²) in [4.78, 5) is 18.0. The van der Waals surface area contributed by atoms with Gasteiger partial charge in [0.1, 0.15) is 23.0 Å². The zero-order valence-corrected chi connectivity index (χ0v) is 22.1. The van der Waals surface area contributed by atoms with E-state index < -0.39 is 0 Å². The van der Waals surface area contributed by atoms with Crippen molar-refractivity contribution in [1.82, 2.24) is 19.6 Å². The van der Waals surface area contributed by atoms with Gasteiger partial charge in [0.15, 0.2) is 0 Å². The summed E-state index contributed by atoms with van der Waals surface area (Å²) in [7, 11) is 3.17. The Morgan fingerprint density at radius 1 is 0.923 bits per heavy atom. The highest BCUT2D eigenvalue weighted by atomic mass is 19.1. The van der Waals surface area contributed by atoms with Crippen LogP contribution in [0.4, 0.5) is 4.39 Å². The number of carbonyl (C=O) groups excluding carboxylic acids is 1. The summed E-state index contributed by atoms with van der Waals surface area (Å²) in [6.45, 7) is 3.58. The van der Waals surface area contributed by atoms with Gasteiger partial charge in [-0.2, -0.15) is 5.10 Å². The molecule has 0 bridgehead atoms. The van der Waals surface area contributed by atoms with Crippen LogP contribution in [0.1, 0.15) is 16.1 Å². The van der Waals surface area contributed by atoms with Crippen LogP contribution in [0.3, 0.4) is 0 Å². The molecule has 8 heteroatoms. The lowest BCUT2D eigenvalue weighted by Gasteiger charge is -2.34. The normalized spacial score (nSPS) is 14.1. The van der Waals surface area contributed by atoms with Crippen LogP contribution < -0.4 is 9.47 Å². The molecule has 1 aromatic heterocycles. The van der Waals surface area contributed by atoms with Crippen molar-refractivity contribution in [3.63, 3.8) is 0 Å². The van der Waals surface area contributed by atoms with Gasteiger partial charge in [0.05, 0.1) is 25.6 Å². The molecule has 1 aliphatic heterocycles. The van der Waals surface area contributed by atoms with E-state index in [0.717, 1.165) is 25.2 Å². The lowest BCUT2D eigenvalue weighted by atomic mass is 10.1. The van der Waals surface area contributed by atoms with Gasteiger partial charge in [0.25, 0.3) is 5.91 Å². The second-order valence-electron chi connectivity index (χ2n) is 9.28. The molecule has 5 rings (SSSR count). The minimum absolute atomic E-state index is 0.120. The summed E-state index contributed by atoms with van der Waals surface area (Å²) in [5.74, 6) is 0.758. The minimum Gasteiger partial charge on any atom is -0.497 e. The van der Waals surface area contributed by atoms with E-state index in [4.69, 9.17) is 14.6 Å². The van der Waals surface area contributed by atoms with E-state index in [1.54, 1.807) is 43.2 Å². The SMILES string of the molecule is COc1ccc(-c2cc(C(=O)N3CCN(CC=Cc4ccccc4)CC3)n(-c3ccc(F)cc3)n2)c(OC)c1. The Hall–Kier alpha value is -4.43. The second-order valence-corrected chi connectivity index (χ2v) is 9.28. The lowest BCUT2D eigenvalue weighted by Crippen LogP contribution is -2.49. The number of methoxy groups -OCH3 is 2. The Morgan fingerprint density at radius 3 is 2.36 bits per heavy atom. The second kappa shape index (κ2) is 12.0. The smallest absolute Gasteiger partial charge is 0.272 e. The first kappa shape index (κ1) is 26.2. The zero-order valence-electron chi connectivity index (χ0n) is 22.1. The maximum absolute atomic E-state index is 13.8. The topological polar surface area (TPSA) is 59.8 Å². The van der Waals surface area contributed by atoms with E-state index in [9.17, 15) is 9.18 Å². The molecule has 2 heterocycles. The molecule has 0 saturated carbocycles. The van der Waals surface area contributed by atoms with Gasteiger partial charge < -0.3 is 14.4 Å². The molecule has 1 fully saturated rings. The van der Waals surface area contributed by atoms with Crippen molar-refractivity contribution >= 4 is 12.0 Å². The van der Waals surface area contributed by atoms with Gasteiger partial charge in [-0.1, -0.05) is 42.5 Å². The number of carbonyl (C=O) groups is 1. The number of halogens is 1. The third kappa shape index (κ3) is 6.02. The van der Waals surface area contributed by atoms with Crippen LogP contribution >= 0.6 is 0 Å². The molecule has 7 nitrogen and oxygen atoms in total. The van der Waals surface area contributed by atoms with Crippen molar-refractivity contribution in [1.29, 1.82) is 0 Å². The van der Waals surface area contributed by atoms with Gasteiger partial charge in [-0.3, -0.25) is 9.69 Å². The van der Waals surface area contributed by atoms with Crippen molar-refractivity contribution in [3.05, 3.63) is 102 Å². The first-order valence-electron chi connectivity index (χ1n) is 12.9. The number of nitrogens with zero attached hydrogens (tertiary/aromatic N) is 4. The monoisotopic (exact) mass is 526 g/mol. The molecule has 0 N–H and O–H groups in total. The summed E-state index contributed by atoms with van der Waals surface area (Å²) >= 11 is 0. The van der Waals surface area contributed by atoms with Crippen LogP contribution in [0.15, 0.2) is 84.9 Å². The molecule has 1 aliphatic rings. The zero-order chi connectivity index (χ0) is 27.2. The average molecular weight is 527 g/mol. The maximum atomic E-state index is 13.8. The van der Waals surface area contributed by atoms with Crippen LogP contribution in [0.5, 0.6) is 11.5 Å². The van der Waals surface area contributed by atoms with Crippen molar-refractivity contribution in [2.45, 2.75) is 0 Å². The molecule has 0 atom stereocenters.